The molecule has 2 atom stereocenters. The number of hydrogen-bond acceptors (Lipinski definition) is 8. The SMILES string of the molecule is CCCCC=CCCCCCCCC(=O)O[C@H](COC(=O)CCCCCCCCCCCCCC=CCCCCCCCC)COP(=O)(O)OCCN. The van der Waals surface area contributed by atoms with E-state index >= 15 is 0 Å². The van der Waals surface area contributed by atoms with Crippen molar-refractivity contribution in [2.24, 2.45) is 5.73 Å². The van der Waals surface area contributed by atoms with Gasteiger partial charge in [-0.1, -0.05) is 160 Å². The van der Waals surface area contributed by atoms with Gasteiger partial charge in [0.1, 0.15) is 6.61 Å². The number of phosphoric acid groups is 1. The fourth-order valence-electron chi connectivity index (χ4n) is 6.02. The van der Waals surface area contributed by atoms with Crippen LogP contribution in [-0.4, -0.2) is 49.3 Å². The predicted octanol–water partition coefficient (Wildman–Crippen LogP) is 12.4. The second-order valence-corrected chi connectivity index (χ2v) is 16.0. The largest absolute Gasteiger partial charge is 0.472 e. The summed E-state index contributed by atoms with van der Waals surface area (Å²) in [5.74, 6) is -0.836. The zero-order valence-corrected chi connectivity index (χ0v) is 35.2. The Morgan fingerprint density at radius 1 is 0.547 bits per heavy atom. The minimum absolute atomic E-state index is 0.0530. The molecule has 0 rings (SSSR count). The van der Waals surface area contributed by atoms with Crippen LogP contribution in [0.5, 0.6) is 0 Å². The average Bonchev–Trinajstić information content (AvgIpc) is 3.14. The maximum Gasteiger partial charge on any atom is 0.472 e. The van der Waals surface area contributed by atoms with Crippen LogP contribution in [0.3, 0.4) is 0 Å². The van der Waals surface area contributed by atoms with E-state index in [0.717, 1.165) is 57.8 Å². The van der Waals surface area contributed by atoms with Gasteiger partial charge in [-0.25, -0.2) is 4.57 Å². The quantitative estimate of drug-likeness (QED) is 0.0269. The van der Waals surface area contributed by atoms with E-state index in [9.17, 15) is 19.0 Å². The molecular formula is C43H82NO8P. The first-order valence-electron chi connectivity index (χ1n) is 21.8. The van der Waals surface area contributed by atoms with Crippen LogP contribution >= 0.6 is 7.82 Å². The molecular weight excluding hydrogens is 689 g/mol. The third-order valence-corrected chi connectivity index (χ3v) is 10.3. The van der Waals surface area contributed by atoms with Crippen molar-refractivity contribution in [1.29, 1.82) is 0 Å². The summed E-state index contributed by atoms with van der Waals surface area (Å²) < 4.78 is 32.7. The molecule has 0 aliphatic heterocycles. The second-order valence-electron chi connectivity index (χ2n) is 14.6. The number of ether oxygens (including phenoxy) is 2. The molecule has 0 spiro atoms. The molecule has 0 radical (unpaired) electrons. The van der Waals surface area contributed by atoms with Crippen molar-refractivity contribution in [3.05, 3.63) is 24.3 Å². The Morgan fingerprint density at radius 2 is 0.943 bits per heavy atom. The lowest BCUT2D eigenvalue weighted by Gasteiger charge is -2.19. The van der Waals surface area contributed by atoms with Gasteiger partial charge in [-0.05, 0) is 57.8 Å². The molecule has 0 heterocycles. The molecule has 3 N–H and O–H groups in total. The fraction of sp³-hybridized carbons (Fsp3) is 0.860. The van der Waals surface area contributed by atoms with E-state index in [-0.39, 0.29) is 38.6 Å². The second kappa shape index (κ2) is 40.2. The standard InChI is InChI=1S/C43H82NO8P/c1-3-5-7-9-11-13-15-16-17-18-19-20-21-22-23-24-26-27-29-31-33-35-42(45)49-39-41(40-51-53(47,48)50-38-37-44)52-43(46)36-34-32-30-28-25-14-12-10-8-6-4-2/h10,12,16-17,41H,3-9,11,13-15,18-40,44H2,1-2H3,(H,47,48)/t41-/m1/s1. The summed E-state index contributed by atoms with van der Waals surface area (Å²) >= 11 is 0. The third kappa shape index (κ3) is 40.0. The number of unbranched alkanes of at least 4 members (excludes halogenated alkanes) is 24. The van der Waals surface area contributed by atoms with Crippen molar-refractivity contribution in [3.63, 3.8) is 0 Å². The van der Waals surface area contributed by atoms with Crippen molar-refractivity contribution < 1.29 is 37.6 Å². The van der Waals surface area contributed by atoms with Crippen molar-refractivity contribution in [1.82, 2.24) is 0 Å². The highest BCUT2D eigenvalue weighted by atomic mass is 31.2. The van der Waals surface area contributed by atoms with Gasteiger partial charge in [0.25, 0.3) is 0 Å². The molecule has 0 aromatic heterocycles. The molecule has 0 saturated carbocycles. The van der Waals surface area contributed by atoms with Gasteiger partial charge in [0.2, 0.25) is 0 Å². The lowest BCUT2D eigenvalue weighted by atomic mass is 10.0. The number of carbonyl (C=O) groups is 2. The number of rotatable bonds is 41. The maximum absolute atomic E-state index is 12.5. The van der Waals surface area contributed by atoms with Crippen LogP contribution in [0, 0.1) is 0 Å². The van der Waals surface area contributed by atoms with Crippen LogP contribution in [0.25, 0.3) is 0 Å². The maximum atomic E-state index is 12.5. The van der Waals surface area contributed by atoms with E-state index in [0.29, 0.717) is 6.42 Å². The first-order valence-corrected chi connectivity index (χ1v) is 23.3. The van der Waals surface area contributed by atoms with Gasteiger partial charge < -0.3 is 20.1 Å². The van der Waals surface area contributed by atoms with Gasteiger partial charge >= 0.3 is 19.8 Å². The summed E-state index contributed by atoms with van der Waals surface area (Å²) in [7, 11) is -4.37. The number of esters is 2. The van der Waals surface area contributed by atoms with Gasteiger partial charge in [0.05, 0.1) is 13.2 Å². The van der Waals surface area contributed by atoms with Gasteiger partial charge in [-0.2, -0.15) is 0 Å². The summed E-state index contributed by atoms with van der Waals surface area (Å²) in [5, 5.41) is 0. The average molecular weight is 772 g/mol. The molecule has 0 aliphatic carbocycles. The zero-order valence-electron chi connectivity index (χ0n) is 34.3. The summed E-state index contributed by atoms with van der Waals surface area (Å²) in [5.41, 5.74) is 5.34. The molecule has 312 valence electrons. The number of allylic oxidation sites excluding steroid dienone is 4. The number of phosphoric ester groups is 1. The van der Waals surface area contributed by atoms with E-state index in [2.05, 4.69) is 38.2 Å². The van der Waals surface area contributed by atoms with Gasteiger partial charge in [0.15, 0.2) is 6.10 Å². The first-order chi connectivity index (χ1) is 25.8. The van der Waals surface area contributed by atoms with E-state index < -0.39 is 26.5 Å². The van der Waals surface area contributed by atoms with Crippen LogP contribution in [-0.2, 0) is 32.7 Å². The van der Waals surface area contributed by atoms with Crippen LogP contribution in [0.15, 0.2) is 24.3 Å². The molecule has 9 nitrogen and oxygen atoms in total. The number of carbonyl (C=O) groups excluding carboxylic acids is 2. The monoisotopic (exact) mass is 772 g/mol. The van der Waals surface area contributed by atoms with Crippen LogP contribution in [0.4, 0.5) is 0 Å². The molecule has 0 saturated heterocycles. The lowest BCUT2D eigenvalue weighted by molar-refractivity contribution is -0.161. The van der Waals surface area contributed by atoms with Crippen molar-refractivity contribution in [2.75, 3.05) is 26.4 Å². The summed E-state index contributed by atoms with van der Waals surface area (Å²) in [6, 6.07) is 0. The highest BCUT2D eigenvalue weighted by Gasteiger charge is 2.26. The molecule has 0 aromatic carbocycles. The molecule has 0 amide bonds. The predicted molar refractivity (Wildman–Crippen MR) is 220 cm³/mol. The Bertz CT molecular complexity index is 928. The highest BCUT2D eigenvalue weighted by Crippen LogP contribution is 2.43. The van der Waals surface area contributed by atoms with E-state index in [1.807, 2.05) is 0 Å². The summed E-state index contributed by atoms with van der Waals surface area (Å²) in [6.07, 6.45) is 42.2. The van der Waals surface area contributed by atoms with Gasteiger partial charge in [-0.15, -0.1) is 0 Å². The highest BCUT2D eigenvalue weighted by molar-refractivity contribution is 7.47. The van der Waals surface area contributed by atoms with Crippen LogP contribution in [0.1, 0.15) is 206 Å². The summed E-state index contributed by atoms with van der Waals surface area (Å²) in [4.78, 5) is 34.8. The van der Waals surface area contributed by atoms with E-state index in [1.165, 1.54) is 116 Å². The van der Waals surface area contributed by atoms with Crippen molar-refractivity contribution in [3.8, 4) is 0 Å². The summed E-state index contributed by atoms with van der Waals surface area (Å²) in [6.45, 7) is 3.69. The van der Waals surface area contributed by atoms with Crippen molar-refractivity contribution >= 4 is 19.8 Å². The number of nitrogens with two attached hydrogens (primary N) is 1. The Hall–Kier alpha value is -1.51. The molecule has 10 heteroatoms. The van der Waals surface area contributed by atoms with Crippen LogP contribution < -0.4 is 5.73 Å². The Morgan fingerprint density at radius 3 is 1.40 bits per heavy atom. The van der Waals surface area contributed by atoms with Crippen molar-refractivity contribution in [2.45, 2.75) is 213 Å². The smallest absolute Gasteiger partial charge is 0.462 e. The number of hydrogen-bond donors (Lipinski definition) is 2. The molecule has 0 bridgehead atoms. The lowest BCUT2D eigenvalue weighted by Crippen LogP contribution is -2.29. The topological polar surface area (TPSA) is 134 Å². The Kier molecular flexibility index (Phi) is 39.0. The molecule has 0 aromatic rings. The minimum atomic E-state index is -4.37. The van der Waals surface area contributed by atoms with E-state index in [1.54, 1.807) is 0 Å². The van der Waals surface area contributed by atoms with E-state index in [4.69, 9.17) is 24.3 Å². The van der Waals surface area contributed by atoms with Gasteiger partial charge in [-0.3, -0.25) is 18.6 Å². The molecule has 53 heavy (non-hydrogen) atoms. The Labute approximate surface area is 325 Å². The normalized spacial score (nSPS) is 13.5. The van der Waals surface area contributed by atoms with Gasteiger partial charge in [0, 0.05) is 19.4 Å². The van der Waals surface area contributed by atoms with Crippen LogP contribution in [0.2, 0.25) is 0 Å². The Balaban J connectivity index is 4.05. The zero-order chi connectivity index (χ0) is 38.9. The fourth-order valence-corrected chi connectivity index (χ4v) is 6.79. The molecule has 0 aliphatic rings. The third-order valence-electron chi connectivity index (χ3n) is 9.31. The molecule has 0 fully saturated rings. The first kappa shape index (κ1) is 51.5. The molecule has 1 unspecified atom stereocenters. The minimum Gasteiger partial charge on any atom is -0.462 e.